The third kappa shape index (κ3) is 4.24. The largest absolute Gasteiger partial charge is 0.497 e. The molecule has 0 aliphatic rings. The van der Waals surface area contributed by atoms with Crippen LogP contribution in [-0.4, -0.2) is 32.1 Å². The maximum Gasteiger partial charge on any atom is 0.249 e. The van der Waals surface area contributed by atoms with Gasteiger partial charge in [-0.25, -0.2) is 0 Å². The Morgan fingerprint density at radius 2 is 1.90 bits per heavy atom. The van der Waals surface area contributed by atoms with E-state index in [0.717, 1.165) is 22.3 Å². The summed E-state index contributed by atoms with van der Waals surface area (Å²) >= 11 is 7.67. The smallest absolute Gasteiger partial charge is 0.249 e. The minimum atomic E-state index is 0.391. The molecule has 0 N–H and O–H groups in total. The van der Waals surface area contributed by atoms with Gasteiger partial charge in [-0.2, -0.15) is 0 Å². The number of nitrogens with zero attached hydrogens (tertiary/aromatic N) is 5. The van der Waals surface area contributed by atoms with E-state index >= 15 is 0 Å². The molecule has 0 aliphatic carbocycles. The van der Waals surface area contributed by atoms with Crippen molar-refractivity contribution >= 4 is 23.4 Å². The fourth-order valence-electron chi connectivity index (χ4n) is 2.82. The molecule has 9 heteroatoms. The van der Waals surface area contributed by atoms with Crippen molar-refractivity contribution in [1.82, 2.24) is 25.0 Å². The van der Waals surface area contributed by atoms with Crippen molar-refractivity contribution < 1.29 is 9.15 Å². The van der Waals surface area contributed by atoms with Crippen LogP contribution in [0.15, 0.2) is 70.8 Å². The fraction of sp³-hybridized carbons (Fsp3) is 0.143. The summed E-state index contributed by atoms with van der Waals surface area (Å²) in [6.45, 7) is 4.42. The van der Waals surface area contributed by atoms with E-state index < -0.39 is 0 Å². The molecule has 2 aromatic heterocycles. The molecule has 4 aromatic rings. The van der Waals surface area contributed by atoms with Crippen LogP contribution in [0.5, 0.6) is 5.75 Å². The lowest BCUT2D eigenvalue weighted by Gasteiger charge is -2.07. The highest BCUT2D eigenvalue weighted by Crippen LogP contribution is 2.30. The number of aromatic nitrogens is 5. The van der Waals surface area contributed by atoms with Crippen molar-refractivity contribution in [1.29, 1.82) is 0 Å². The van der Waals surface area contributed by atoms with Gasteiger partial charge < -0.3 is 9.15 Å². The molecule has 0 spiro atoms. The van der Waals surface area contributed by atoms with Crippen molar-refractivity contribution in [3.05, 3.63) is 72.1 Å². The number of ether oxygens (including phenoxy) is 1. The Bertz CT molecular complexity index is 1160. The van der Waals surface area contributed by atoms with Crippen LogP contribution in [0, 0.1) is 0 Å². The number of allylic oxidation sites excluding steroid dienone is 1. The van der Waals surface area contributed by atoms with Crippen LogP contribution in [0.4, 0.5) is 0 Å². The zero-order chi connectivity index (χ0) is 20.9. The lowest BCUT2D eigenvalue weighted by Crippen LogP contribution is -2.00. The number of methoxy groups -OCH3 is 1. The minimum absolute atomic E-state index is 0.391. The summed E-state index contributed by atoms with van der Waals surface area (Å²) in [5.41, 5.74) is 1.65. The normalized spacial score (nSPS) is 10.9. The van der Waals surface area contributed by atoms with E-state index in [1.807, 2.05) is 53.1 Å². The molecule has 0 radical (unpaired) electrons. The van der Waals surface area contributed by atoms with E-state index in [0.29, 0.717) is 34.7 Å². The molecule has 0 saturated heterocycles. The molecule has 2 heterocycles. The first-order valence-electron chi connectivity index (χ1n) is 9.08. The topological polar surface area (TPSA) is 78.9 Å². The van der Waals surface area contributed by atoms with Gasteiger partial charge >= 0.3 is 0 Å². The number of hydrogen-bond donors (Lipinski definition) is 0. The molecule has 4 rings (SSSR count). The summed E-state index contributed by atoms with van der Waals surface area (Å²) in [6.07, 6.45) is 1.81. The molecule has 0 fully saturated rings. The molecule has 0 amide bonds. The van der Waals surface area contributed by atoms with Gasteiger partial charge in [0, 0.05) is 12.1 Å². The van der Waals surface area contributed by atoms with Gasteiger partial charge in [-0.3, -0.25) is 4.57 Å². The third-order valence-electron chi connectivity index (χ3n) is 4.27. The summed E-state index contributed by atoms with van der Waals surface area (Å²) in [5, 5.41) is 18.2. The van der Waals surface area contributed by atoms with Crippen LogP contribution in [-0.2, 0) is 12.3 Å². The van der Waals surface area contributed by atoms with Gasteiger partial charge in [0.15, 0.2) is 11.0 Å². The van der Waals surface area contributed by atoms with Crippen LogP contribution < -0.4 is 4.74 Å². The molecular formula is C21H18ClN5O2S. The molecule has 0 unspecified atom stereocenters. The van der Waals surface area contributed by atoms with Gasteiger partial charge in [0.2, 0.25) is 11.8 Å². The molecule has 7 nitrogen and oxygen atoms in total. The quantitative estimate of drug-likeness (QED) is 0.278. The van der Waals surface area contributed by atoms with E-state index in [2.05, 4.69) is 27.0 Å². The van der Waals surface area contributed by atoms with Gasteiger partial charge in [0.1, 0.15) is 5.75 Å². The van der Waals surface area contributed by atoms with Crippen molar-refractivity contribution in [3.8, 4) is 28.6 Å². The van der Waals surface area contributed by atoms with E-state index in [4.69, 9.17) is 20.8 Å². The highest BCUT2D eigenvalue weighted by Gasteiger charge is 2.16. The summed E-state index contributed by atoms with van der Waals surface area (Å²) in [7, 11) is 1.64. The fourth-order valence-corrected chi connectivity index (χ4v) is 3.83. The Balaban J connectivity index is 1.53. The Hall–Kier alpha value is -3.10. The Kier molecular flexibility index (Phi) is 6.15. The first-order valence-corrected chi connectivity index (χ1v) is 10.4. The molecular weight excluding hydrogens is 422 g/mol. The zero-order valence-electron chi connectivity index (χ0n) is 16.2. The molecule has 0 saturated carbocycles. The van der Waals surface area contributed by atoms with Crippen molar-refractivity contribution in [2.45, 2.75) is 17.5 Å². The Morgan fingerprint density at radius 3 is 2.63 bits per heavy atom. The molecule has 152 valence electrons. The molecule has 0 aliphatic heterocycles. The van der Waals surface area contributed by atoms with Crippen molar-refractivity contribution in [3.63, 3.8) is 0 Å². The highest BCUT2D eigenvalue weighted by atomic mass is 35.5. The van der Waals surface area contributed by atoms with Crippen LogP contribution in [0.1, 0.15) is 5.89 Å². The second kappa shape index (κ2) is 9.15. The van der Waals surface area contributed by atoms with Crippen LogP contribution in [0.2, 0.25) is 5.02 Å². The number of benzene rings is 2. The molecule has 2 aromatic carbocycles. The second-order valence-corrected chi connectivity index (χ2v) is 7.55. The highest BCUT2D eigenvalue weighted by molar-refractivity contribution is 7.98. The Morgan fingerprint density at radius 1 is 1.10 bits per heavy atom. The second-order valence-electron chi connectivity index (χ2n) is 6.20. The maximum absolute atomic E-state index is 6.20. The SMILES string of the molecule is C=CCn1c(SCc2nnc(-c3ccccc3Cl)o2)nnc1-c1ccc(OC)cc1. The van der Waals surface area contributed by atoms with E-state index in [1.54, 1.807) is 13.2 Å². The van der Waals surface area contributed by atoms with E-state index in [9.17, 15) is 0 Å². The number of halogens is 1. The predicted molar refractivity (Wildman–Crippen MR) is 117 cm³/mol. The van der Waals surface area contributed by atoms with Crippen LogP contribution in [0.25, 0.3) is 22.8 Å². The standard InChI is InChI=1S/C21H18ClN5O2S/c1-3-12-27-19(14-8-10-15(28-2)11-9-14)24-26-21(27)30-13-18-23-25-20(29-18)16-6-4-5-7-17(16)22/h3-11H,1,12-13H2,2H3. The molecule has 0 atom stereocenters. The van der Waals surface area contributed by atoms with E-state index in [1.165, 1.54) is 11.8 Å². The van der Waals surface area contributed by atoms with Gasteiger partial charge in [0.25, 0.3) is 0 Å². The number of thioether (sulfide) groups is 1. The lowest BCUT2D eigenvalue weighted by molar-refractivity contribution is 0.415. The monoisotopic (exact) mass is 439 g/mol. The zero-order valence-corrected chi connectivity index (χ0v) is 17.7. The van der Waals surface area contributed by atoms with Gasteiger partial charge in [-0.1, -0.05) is 41.6 Å². The number of rotatable bonds is 8. The van der Waals surface area contributed by atoms with Gasteiger partial charge in [0.05, 0.1) is 23.4 Å². The van der Waals surface area contributed by atoms with E-state index in [-0.39, 0.29) is 0 Å². The Labute approximate surface area is 182 Å². The number of hydrogen-bond acceptors (Lipinski definition) is 7. The van der Waals surface area contributed by atoms with Crippen molar-refractivity contribution in [2.24, 2.45) is 0 Å². The van der Waals surface area contributed by atoms with Crippen LogP contribution in [0.3, 0.4) is 0 Å². The average molecular weight is 440 g/mol. The van der Waals surface area contributed by atoms with Crippen molar-refractivity contribution in [2.75, 3.05) is 7.11 Å². The summed E-state index contributed by atoms with van der Waals surface area (Å²) < 4.78 is 13.0. The maximum atomic E-state index is 6.20. The summed E-state index contributed by atoms with van der Waals surface area (Å²) in [6, 6.07) is 15.0. The summed E-state index contributed by atoms with van der Waals surface area (Å²) in [5.74, 6) is 2.86. The average Bonchev–Trinajstić information content (AvgIpc) is 3.40. The third-order valence-corrected chi connectivity index (χ3v) is 5.55. The first-order chi connectivity index (χ1) is 14.7. The van der Waals surface area contributed by atoms with Gasteiger partial charge in [-0.05, 0) is 36.4 Å². The van der Waals surface area contributed by atoms with Crippen LogP contribution >= 0.6 is 23.4 Å². The first kappa shape index (κ1) is 20.2. The molecule has 0 bridgehead atoms. The predicted octanol–water partition coefficient (Wildman–Crippen LogP) is 5.14. The minimum Gasteiger partial charge on any atom is -0.497 e. The molecule has 30 heavy (non-hydrogen) atoms. The lowest BCUT2D eigenvalue weighted by atomic mass is 10.2. The summed E-state index contributed by atoms with van der Waals surface area (Å²) in [4.78, 5) is 0. The van der Waals surface area contributed by atoms with Gasteiger partial charge in [-0.15, -0.1) is 27.0 Å².